The molecule has 4 heteroatoms. The van der Waals surface area contributed by atoms with Gasteiger partial charge in [0.15, 0.2) is 0 Å². The third-order valence-corrected chi connectivity index (χ3v) is 3.45. The Balaban J connectivity index is 1.60. The molecule has 0 aliphatic heterocycles. The van der Waals surface area contributed by atoms with Gasteiger partial charge in [0.05, 0.1) is 6.42 Å². The van der Waals surface area contributed by atoms with Crippen LogP contribution in [-0.4, -0.2) is 11.8 Å². The lowest BCUT2D eigenvalue weighted by molar-refractivity contribution is -0.129. The zero-order valence-electron chi connectivity index (χ0n) is 11.1. The van der Waals surface area contributed by atoms with Gasteiger partial charge in [-0.15, -0.1) is 0 Å². The smallest absolute Gasteiger partial charge is 0.242 e. The molecule has 1 aliphatic rings. The minimum Gasteiger partial charge on any atom is -0.273 e. The maximum Gasteiger partial charge on any atom is 0.242 e. The predicted molar refractivity (Wildman–Crippen MR) is 76.7 cm³/mol. The lowest BCUT2D eigenvalue weighted by Gasteiger charge is -2.07. The second kappa shape index (κ2) is 5.33. The Morgan fingerprint density at radius 3 is 2.50 bits per heavy atom. The molecule has 0 spiro atoms. The number of carbonyl (C=O) groups is 2. The maximum absolute atomic E-state index is 11.8. The van der Waals surface area contributed by atoms with Gasteiger partial charge in [-0.25, -0.2) is 0 Å². The average Bonchev–Trinajstić information content (AvgIpc) is 3.29. The Morgan fingerprint density at radius 1 is 1.00 bits per heavy atom. The summed E-state index contributed by atoms with van der Waals surface area (Å²) in [5.41, 5.74) is 5.86. The molecule has 0 saturated heterocycles. The zero-order valence-corrected chi connectivity index (χ0v) is 11.1. The average molecular weight is 268 g/mol. The van der Waals surface area contributed by atoms with Crippen LogP contribution in [0.2, 0.25) is 0 Å². The van der Waals surface area contributed by atoms with Crippen molar-refractivity contribution >= 4 is 22.6 Å². The normalized spacial score (nSPS) is 14.0. The molecule has 0 heterocycles. The van der Waals surface area contributed by atoms with Crippen LogP contribution in [0.15, 0.2) is 42.5 Å². The Morgan fingerprint density at radius 2 is 1.75 bits per heavy atom. The fraction of sp³-hybridized carbons (Fsp3) is 0.250. The third-order valence-electron chi connectivity index (χ3n) is 3.45. The van der Waals surface area contributed by atoms with E-state index in [1.807, 2.05) is 42.5 Å². The predicted octanol–water partition coefficient (Wildman–Crippen LogP) is 1.94. The highest BCUT2D eigenvalue weighted by Gasteiger charge is 2.29. The van der Waals surface area contributed by atoms with Gasteiger partial charge in [0.25, 0.3) is 0 Å². The van der Waals surface area contributed by atoms with Crippen LogP contribution < -0.4 is 10.9 Å². The number of hydrogen-bond acceptors (Lipinski definition) is 2. The summed E-state index contributed by atoms with van der Waals surface area (Å²) in [5, 5.41) is 2.26. The van der Waals surface area contributed by atoms with Crippen LogP contribution in [0.3, 0.4) is 0 Å². The molecule has 0 bridgehead atoms. The standard InChI is InChI=1S/C16H16N2O2/c19-15(17-18-16(20)13-7-8-13)10-11-5-6-12-3-1-2-4-14(12)9-11/h1-6,9,13H,7-8,10H2,(H,17,19)(H,18,20). The summed E-state index contributed by atoms with van der Waals surface area (Å²) in [6, 6.07) is 14.0. The zero-order chi connectivity index (χ0) is 13.9. The number of benzene rings is 2. The molecular formula is C16H16N2O2. The van der Waals surface area contributed by atoms with Gasteiger partial charge in [0, 0.05) is 5.92 Å². The van der Waals surface area contributed by atoms with Crippen molar-refractivity contribution in [1.82, 2.24) is 10.9 Å². The van der Waals surface area contributed by atoms with E-state index >= 15 is 0 Å². The summed E-state index contributed by atoms with van der Waals surface area (Å²) in [4.78, 5) is 23.2. The summed E-state index contributed by atoms with van der Waals surface area (Å²) < 4.78 is 0. The van der Waals surface area contributed by atoms with E-state index in [0.29, 0.717) is 0 Å². The van der Waals surface area contributed by atoms with Crippen molar-refractivity contribution in [3.8, 4) is 0 Å². The molecule has 3 rings (SSSR count). The van der Waals surface area contributed by atoms with Crippen molar-refractivity contribution in [2.75, 3.05) is 0 Å². The second-order valence-electron chi connectivity index (χ2n) is 5.17. The van der Waals surface area contributed by atoms with Gasteiger partial charge in [0.2, 0.25) is 11.8 Å². The van der Waals surface area contributed by atoms with E-state index in [1.54, 1.807) is 0 Å². The van der Waals surface area contributed by atoms with Crippen LogP contribution in [0.25, 0.3) is 10.8 Å². The van der Waals surface area contributed by atoms with Gasteiger partial charge in [-0.1, -0.05) is 42.5 Å². The van der Waals surface area contributed by atoms with Gasteiger partial charge in [-0.2, -0.15) is 0 Å². The fourth-order valence-electron chi connectivity index (χ4n) is 2.16. The number of hydrogen-bond donors (Lipinski definition) is 2. The van der Waals surface area contributed by atoms with Crippen molar-refractivity contribution in [3.05, 3.63) is 48.0 Å². The van der Waals surface area contributed by atoms with Crippen molar-refractivity contribution in [1.29, 1.82) is 0 Å². The first-order valence-corrected chi connectivity index (χ1v) is 6.79. The van der Waals surface area contributed by atoms with Crippen LogP contribution in [0.4, 0.5) is 0 Å². The first kappa shape index (κ1) is 12.7. The lowest BCUT2D eigenvalue weighted by Crippen LogP contribution is -2.43. The van der Waals surface area contributed by atoms with Crippen molar-refractivity contribution in [3.63, 3.8) is 0 Å². The van der Waals surface area contributed by atoms with Crippen molar-refractivity contribution in [2.24, 2.45) is 5.92 Å². The van der Waals surface area contributed by atoms with Crippen LogP contribution in [0, 0.1) is 5.92 Å². The van der Waals surface area contributed by atoms with Crippen LogP contribution in [0.5, 0.6) is 0 Å². The summed E-state index contributed by atoms with van der Waals surface area (Å²) >= 11 is 0. The molecule has 1 saturated carbocycles. The van der Waals surface area contributed by atoms with Crippen LogP contribution in [0.1, 0.15) is 18.4 Å². The van der Waals surface area contributed by atoms with Gasteiger partial charge >= 0.3 is 0 Å². The molecular weight excluding hydrogens is 252 g/mol. The van der Waals surface area contributed by atoms with Gasteiger partial charge < -0.3 is 0 Å². The highest BCUT2D eigenvalue weighted by Crippen LogP contribution is 2.28. The number of fused-ring (bicyclic) bond motifs is 1. The number of rotatable bonds is 3. The Hall–Kier alpha value is -2.36. The molecule has 0 unspecified atom stereocenters. The molecule has 0 atom stereocenters. The molecule has 102 valence electrons. The van der Waals surface area contributed by atoms with Crippen LogP contribution >= 0.6 is 0 Å². The largest absolute Gasteiger partial charge is 0.273 e. The minimum atomic E-state index is -0.200. The van der Waals surface area contributed by atoms with Gasteiger partial charge in [-0.3, -0.25) is 20.4 Å². The van der Waals surface area contributed by atoms with Crippen molar-refractivity contribution in [2.45, 2.75) is 19.3 Å². The Labute approximate surface area is 117 Å². The van der Waals surface area contributed by atoms with Crippen molar-refractivity contribution < 1.29 is 9.59 Å². The molecule has 0 aromatic heterocycles. The lowest BCUT2D eigenvalue weighted by atomic mass is 10.1. The number of carbonyl (C=O) groups excluding carboxylic acids is 2. The molecule has 2 N–H and O–H groups in total. The molecule has 1 fully saturated rings. The Kier molecular flexibility index (Phi) is 3.37. The Bertz CT molecular complexity index is 662. The second-order valence-corrected chi connectivity index (χ2v) is 5.17. The highest BCUT2D eigenvalue weighted by atomic mass is 16.2. The number of nitrogens with one attached hydrogen (secondary N) is 2. The summed E-state index contributed by atoms with van der Waals surface area (Å²) in [6.07, 6.45) is 2.11. The van der Waals surface area contributed by atoms with Gasteiger partial charge in [-0.05, 0) is 29.2 Å². The molecule has 2 aromatic rings. The summed E-state index contributed by atoms with van der Waals surface area (Å²) in [6.45, 7) is 0. The molecule has 2 amide bonds. The van der Waals surface area contributed by atoms with E-state index in [9.17, 15) is 9.59 Å². The quantitative estimate of drug-likeness (QED) is 0.836. The maximum atomic E-state index is 11.8. The molecule has 1 aliphatic carbocycles. The van der Waals surface area contributed by atoms with E-state index in [-0.39, 0.29) is 24.2 Å². The van der Waals surface area contributed by atoms with E-state index < -0.39 is 0 Å². The van der Waals surface area contributed by atoms with E-state index in [0.717, 1.165) is 29.2 Å². The minimum absolute atomic E-state index is 0.0862. The van der Waals surface area contributed by atoms with E-state index in [2.05, 4.69) is 10.9 Å². The summed E-state index contributed by atoms with van der Waals surface area (Å²) in [5.74, 6) is -0.192. The van der Waals surface area contributed by atoms with Gasteiger partial charge in [0.1, 0.15) is 0 Å². The number of amides is 2. The van der Waals surface area contributed by atoms with E-state index in [1.165, 1.54) is 0 Å². The number of hydrazine groups is 1. The first-order chi connectivity index (χ1) is 9.72. The monoisotopic (exact) mass is 268 g/mol. The molecule has 20 heavy (non-hydrogen) atoms. The molecule has 4 nitrogen and oxygen atoms in total. The fourth-order valence-corrected chi connectivity index (χ4v) is 2.16. The van der Waals surface area contributed by atoms with Crippen LogP contribution in [-0.2, 0) is 16.0 Å². The molecule has 0 radical (unpaired) electrons. The highest BCUT2D eigenvalue weighted by molar-refractivity contribution is 5.87. The molecule has 2 aromatic carbocycles. The topological polar surface area (TPSA) is 58.2 Å². The SMILES string of the molecule is O=C(Cc1ccc2ccccc2c1)NNC(=O)C1CC1. The van der Waals surface area contributed by atoms with E-state index in [4.69, 9.17) is 0 Å². The third kappa shape index (κ3) is 2.96. The first-order valence-electron chi connectivity index (χ1n) is 6.79. The summed E-state index contributed by atoms with van der Waals surface area (Å²) in [7, 11) is 0.